The molecule has 1 rings (SSSR count). The lowest BCUT2D eigenvalue weighted by Gasteiger charge is -2.24. The average molecular weight is 296 g/mol. The third kappa shape index (κ3) is 5.53. The second kappa shape index (κ2) is 9.60. The van der Waals surface area contributed by atoms with Crippen molar-refractivity contribution in [3.8, 4) is 11.5 Å². The van der Waals surface area contributed by atoms with Crippen LogP contribution in [-0.4, -0.2) is 52.0 Å². The molecule has 120 valence electrons. The molecule has 5 heteroatoms. The van der Waals surface area contributed by atoms with Crippen molar-refractivity contribution >= 4 is 0 Å². The third-order valence-corrected chi connectivity index (χ3v) is 3.49. The maximum Gasteiger partial charge on any atom is 0.161 e. The van der Waals surface area contributed by atoms with Crippen LogP contribution < -0.4 is 15.2 Å². The molecule has 0 aromatic heterocycles. The van der Waals surface area contributed by atoms with Crippen LogP contribution in [-0.2, 0) is 4.74 Å². The first-order valence-electron chi connectivity index (χ1n) is 7.43. The van der Waals surface area contributed by atoms with Crippen molar-refractivity contribution < 1.29 is 14.2 Å². The first-order chi connectivity index (χ1) is 10.2. The Hall–Kier alpha value is -1.30. The number of rotatable bonds is 10. The fourth-order valence-corrected chi connectivity index (χ4v) is 2.18. The largest absolute Gasteiger partial charge is 0.493 e. The minimum atomic E-state index is -0.0635. The van der Waals surface area contributed by atoms with Gasteiger partial charge in [0.05, 0.1) is 20.8 Å². The zero-order valence-corrected chi connectivity index (χ0v) is 13.6. The van der Waals surface area contributed by atoms with Gasteiger partial charge in [-0.2, -0.15) is 0 Å². The van der Waals surface area contributed by atoms with Gasteiger partial charge < -0.3 is 19.9 Å². The van der Waals surface area contributed by atoms with Crippen LogP contribution in [0.5, 0.6) is 11.5 Å². The average Bonchev–Trinajstić information content (AvgIpc) is 2.53. The molecule has 1 aromatic carbocycles. The van der Waals surface area contributed by atoms with E-state index in [1.165, 1.54) is 0 Å². The van der Waals surface area contributed by atoms with Gasteiger partial charge in [0.1, 0.15) is 0 Å². The molecule has 0 saturated heterocycles. The van der Waals surface area contributed by atoms with Crippen LogP contribution in [0.3, 0.4) is 0 Å². The maximum absolute atomic E-state index is 6.31. The van der Waals surface area contributed by atoms with E-state index in [2.05, 4.69) is 11.8 Å². The standard InChI is InChI=1S/C16H28N2O3/c1-5-18(9-10-21-6-2)12-14(17)13-7-8-15(19-3)16(11-13)20-4/h7-8,11,14H,5-6,9-10,12,17H2,1-4H3. The molecule has 2 N–H and O–H groups in total. The normalized spacial score (nSPS) is 12.5. The molecule has 0 heterocycles. The van der Waals surface area contributed by atoms with Gasteiger partial charge in [-0.1, -0.05) is 13.0 Å². The Balaban J connectivity index is 2.66. The Morgan fingerprint density at radius 1 is 1.14 bits per heavy atom. The highest BCUT2D eigenvalue weighted by Gasteiger charge is 2.13. The molecule has 21 heavy (non-hydrogen) atoms. The van der Waals surface area contributed by atoms with Crippen LogP contribution in [0, 0.1) is 0 Å². The molecular formula is C16H28N2O3. The van der Waals surface area contributed by atoms with Crippen molar-refractivity contribution in [3.63, 3.8) is 0 Å². The molecule has 0 saturated carbocycles. The lowest BCUT2D eigenvalue weighted by atomic mass is 10.1. The first-order valence-corrected chi connectivity index (χ1v) is 7.43. The number of nitrogens with zero attached hydrogens (tertiary/aromatic N) is 1. The Morgan fingerprint density at radius 2 is 1.86 bits per heavy atom. The monoisotopic (exact) mass is 296 g/mol. The predicted molar refractivity (Wildman–Crippen MR) is 85.1 cm³/mol. The second-order valence-corrected chi connectivity index (χ2v) is 4.81. The van der Waals surface area contributed by atoms with E-state index >= 15 is 0 Å². The Labute approximate surface area is 128 Å². The van der Waals surface area contributed by atoms with Gasteiger partial charge in [0, 0.05) is 25.7 Å². The van der Waals surface area contributed by atoms with E-state index in [9.17, 15) is 0 Å². The summed E-state index contributed by atoms with van der Waals surface area (Å²) >= 11 is 0. The molecule has 1 aromatic rings. The van der Waals surface area contributed by atoms with Gasteiger partial charge in [-0.3, -0.25) is 4.90 Å². The summed E-state index contributed by atoms with van der Waals surface area (Å²) in [5, 5.41) is 0. The molecule has 0 radical (unpaired) electrons. The Kier molecular flexibility index (Phi) is 8.12. The smallest absolute Gasteiger partial charge is 0.161 e. The van der Waals surface area contributed by atoms with Crippen LogP contribution in [0.1, 0.15) is 25.5 Å². The van der Waals surface area contributed by atoms with Gasteiger partial charge >= 0.3 is 0 Å². The van der Waals surface area contributed by atoms with Crippen molar-refractivity contribution in [1.29, 1.82) is 0 Å². The molecule has 0 bridgehead atoms. The van der Waals surface area contributed by atoms with Gasteiger partial charge in [-0.25, -0.2) is 0 Å². The van der Waals surface area contributed by atoms with E-state index in [1.807, 2.05) is 25.1 Å². The van der Waals surface area contributed by atoms with Crippen molar-refractivity contribution in [2.24, 2.45) is 5.73 Å². The number of methoxy groups -OCH3 is 2. The molecule has 0 aliphatic carbocycles. The number of benzene rings is 1. The summed E-state index contributed by atoms with van der Waals surface area (Å²) in [6.45, 7) is 8.26. The highest BCUT2D eigenvalue weighted by Crippen LogP contribution is 2.29. The van der Waals surface area contributed by atoms with Crippen molar-refractivity contribution in [3.05, 3.63) is 23.8 Å². The van der Waals surface area contributed by atoms with Crippen molar-refractivity contribution in [2.75, 3.05) is 47.1 Å². The predicted octanol–water partition coefficient (Wildman–Crippen LogP) is 2.06. The van der Waals surface area contributed by atoms with Crippen LogP contribution in [0.2, 0.25) is 0 Å². The quantitative estimate of drug-likeness (QED) is 0.670. The minimum Gasteiger partial charge on any atom is -0.493 e. The van der Waals surface area contributed by atoms with Gasteiger partial charge in [0.15, 0.2) is 11.5 Å². The lowest BCUT2D eigenvalue weighted by Crippen LogP contribution is -2.34. The minimum absolute atomic E-state index is 0.0635. The summed E-state index contributed by atoms with van der Waals surface area (Å²) in [5.41, 5.74) is 7.36. The zero-order chi connectivity index (χ0) is 15.7. The topological polar surface area (TPSA) is 57.0 Å². The summed E-state index contributed by atoms with van der Waals surface area (Å²) in [6.07, 6.45) is 0. The van der Waals surface area contributed by atoms with E-state index in [1.54, 1.807) is 14.2 Å². The molecule has 0 fully saturated rings. The van der Waals surface area contributed by atoms with Crippen LogP contribution in [0.25, 0.3) is 0 Å². The third-order valence-electron chi connectivity index (χ3n) is 3.49. The summed E-state index contributed by atoms with van der Waals surface area (Å²) in [4.78, 5) is 2.29. The van der Waals surface area contributed by atoms with Crippen LogP contribution in [0.4, 0.5) is 0 Å². The fraction of sp³-hybridized carbons (Fsp3) is 0.625. The molecule has 1 atom stereocenters. The summed E-state index contributed by atoms with van der Waals surface area (Å²) < 4.78 is 16.0. The summed E-state index contributed by atoms with van der Waals surface area (Å²) in [5.74, 6) is 1.43. The van der Waals surface area contributed by atoms with E-state index in [0.717, 1.165) is 44.2 Å². The van der Waals surface area contributed by atoms with E-state index < -0.39 is 0 Å². The molecule has 0 aliphatic heterocycles. The molecular weight excluding hydrogens is 268 g/mol. The molecule has 0 amide bonds. The van der Waals surface area contributed by atoms with E-state index in [0.29, 0.717) is 5.75 Å². The SMILES string of the molecule is CCOCCN(CC)CC(N)c1ccc(OC)c(OC)c1. The first kappa shape index (κ1) is 17.8. The number of likely N-dealkylation sites (N-methyl/N-ethyl adjacent to an activating group) is 1. The van der Waals surface area contributed by atoms with Crippen molar-refractivity contribution in [1.82, 2.24) is 4.90 Å². The molecule has 1 unspecified atom stereocenters. The van der Waals surface area contributed by atoms with E-state index in [4.69, 9.17) is 19.9 Å². The molecule has 0 spiro atoms. The van der Waals surface area contributed by atoms with Gasteiger partial charge in [-0.05, 0) is 31.2 Å². The second-order valence-electron chi connectivity index (χ2n) is 4.81. The highest BCUT2D eigenvalue weighted by molar-refractivity contribution is 5.43. The van der Waals surface area contributed by atoms with Gasteiger partial charge in [-0.15, -0.1) is 0 Å². The molecule has 5 nitrogen and oxygen atoms in total. The lowest BCUT2D eigenvalue weighted by molar-refractivity contribution is 0.113. The number of ether oxygens (including phenoxy) is 3. The number of hydrogen-bond acceptors (Lipinski definition) is 5. The zero-order valence-electron chi connectivity index (χ0n) is 13.6. The summed E-state index contributed by atoms with van der Waals surface area (Å²) in [7, 11) is 3.26. The van der Waals surface area contributed by atoms with Crippen molar-refractivity contribution in [2.45, 2.75) is 19.9 Å². The van der Waals surface area contributed by atoms with Gasteiger partial charge in [0.2, 0.25) is 0 Å². The maximum atomic E-state index is 6.31. The van der Waals surface area contributed by atoms with E-state index in [-0.39, 0.29) is 6.04 Å². The molecule has 0 aliphatic rings. The Morgan fingerprint density at radius 3 is 2.43 bits per heavy atom. The highest BCUT2D eigenvalue weighted by atomic mass is 16.5. The number of hydrogen-bond donors (Lipinski definition) is 1. The van der Waals surface area contributed by atoms with Crippen LogP contribution >= 0.6 is 0 Å². The van der Waals surface area contributed by atoms with Gasteiger partial charge in [0.25, 0.3) is 0 Å². The Bertz CT molecular complexity index is 413. The number of nitrogens with two attached hydrogens (primary N) is 1. The fourth-order valence-electron chi connectivity index (χ4n) is 2.18. The van der Waals surface area contributed by atoms with Crippen LogP contribution in [0.15, 0.2) is 18.2 Å². The summed E-state index contributed by atoms with van der Waals surface area (Å²) in [6, 6.07) is 5.76.